The second-order valence-electron chi connectivity index (χ2n) is 4.75. The Kier molecular flexibility index (Phi) is 7.75. The number of carbonyl (C=O) groups excluding carboxylic acids is 1. The molecule has 1 aliphatic rings. The third-order valence-corrected chi connectivity index (χ3v) is 4.30. The third-order valence-electron chi connectivity index (χ3n) is 3.28. The molecule has 120 valence electrons. The molecule has 2 aromatic rings. The first kappa shape index (κ1) is 18.8. The highest BCUT2D eigenvalue weighted by Crippen LogP contribution is 2.22. The normalized spacial score (nSPS) is 16.5. The third kappa shape index (κ3) is 4.64. The second kappa shape index (κ2) is 9.05. The molecule has 0 aliphatic carbocycles. The van der Waals surface area contributed by atoms with Gasteiger partial charge in [-0.25, -0.2) is 4.98 Å². The minimum absolute atomic E-state index is 0. The van der Waals surface area contributed by atoms with Crippen molar-refractivity contribution in [1.29, 1.82) is 0 Å². The largest absolute Gasteiger partial charge is 0.350 e. The molecule has 0 radical (unpaired) electrons. The molecular weight excluding hydrogens is 343 g/mol. The van der Waals surface area contributed by atoms with Crippen LogP contribution in [0.2, 0.25) is 0 Å². The van der Waals surface area contributed by atoms with E-state index in [1.807, 2.05) is 18.2 Å². The number of hydrogen-bond donors (Lipinski definition) is 2. The van der Waals surface area contributed by atoms with Crippen molar-refractivity contribution in [2.24, 2.45) is 0 Å². The summed E-state index contributed by atoms with van der Waals surface area (Å²) in [7, 11) is 0. The highest BCUT2D eigenvalue weighted by Gasteiger charge is 2.17. The van der Waals surface area contributed by atoms with E-state index in [1.165, 1.54) is 17.8 Å². The summed E-state index contributed by atoms with van der Waals surface area (Å²) in [6.45, 7) is 1.72. The van der Waals surface area contributed by atoms with E-state index in [4.69, 9.17) is 0 Å². The minimum Gasteiger partial charge on any atom is -0.350 e. The maximum atomic E-state index is 12.1. The Morgan fingerprint density at radius 3 is 2.91 bits per heavy atom. The van der Waals surface area contributed by atoms with Gasteiger partial charge in [-0.3, -0.25) is 9.78 Å². The Hall–Kier alpha value is -1.21. The van der Waals surface area contributed by atoms with Crippen LogP contribution in [0, 0.1) is 0 Å². The van der Waals surface area contributed by atoms with E-state index in [2.05, 4.69) is 20.6 Å². The molecule has 22 heavy (non-hydrogen) atoms. The van der Waals surface area contributed by atoms with Crippen LogP contribution in [0.15, 0.2) is 30.6 Å². The zero-order valence-corrected chi connectivity index (χ0v) is 14.3. The topological polar surface area (TPSA) is 66.9 Å². The van der Waals surface area contributed by atoms with Gasteiger partial charge in [-0.15, -0.1) is 36.2 Å². The molecule has 1 atom stereocenters. The zero-order chi connectivity index (χ0) is 13.8. The summed E-state index contributed by atoms with van der Waals surface area (Å²) in [4.78, 5) is 21.2. The van der Waals surface area contributed by atoms with Crippen molar-refractivity contribution in [1.82, 2.24) is 20.6 Å². The van der Waals surface area contributed by atoms with Crippen molar-refractivity contribution in [3.8, 4) is 10.7 Å². The summed E-state index contributed by atoms with van der Waals surface area (Å²) >= 11 is 1.37. The van der Waals surface area contributed by atoms with Crippen LogP contribution in [0.1, 0.15) is 22.5 Å². The lowest BCUT2D eigenvalue weighted by atomic mass is 10.2. The molecule has 3 rings (SSSR count). The van der Waals surface area contributed by atoms with E-state index in [0.29, 0.717) is 17.5 Å². The summed E-state index contributed by atoms with van der Waals surface area (Å²) in [5.41, 5.74) is 0.800. The molecule has 1 saturated heterocycles. The van der Waals surface area contributed by atoms with Crippen LogP contribution in [0.3, 0.4) is 0 Å². The van der Waals surface area contributed by atoms with Crippen LogP contribution in [-0.2, 0) is 0 Å². The maximum absolute atomic E-state index is 12.1. The number of carbonyl (C=O) groups is 1. The van der Waals surface area contributed by atoms with Gasteiger partial charge in [0.05, 0.1) is 11.9 Å². The van der Waals surface area contributed by atoms with Crippen LogP contribution in [0.25, 0.3) is 10.7 Å². The molecule has 2 N–H and O–H groups in total. The number of rotatable bonds is 4. The van der Waals surface area contributed by atoms with Gasteiger partial charge >= 0.3 is 0 Å². The lowest BCUT2D eigenvalue weighted by molar-refractivity contribution is 0.0954. The van der Waals surface area contributed by atoms with Crippen molar-refractivity contribution in [3.05, 3.63) is 35.5 Å². The number of aromatic nitrogens is 2. The van der Waals surface area contributed by atoms with Gasteiger partial charge in [0, 0.05) is 18.8 Å². The lowest BCUT2D eigenvalue weighted by Crippen LogP contribution is -2.36. The van der Waals surface area contributed by atoms with Gasteiger partial charge in [-0.1, -0.05) is 6.07 Å². The summed E-state index contributed by atoms with van der Waals surface area (Å²) in [6.07, 6.45) is 5.65. The predicted molar refractivity (Wildman–Crippen MR) is 93.2 cm³/mol. The monoisotopic (exact) mass is 360 g/mol. The lowest BCUT2D eigenvalue weighted by Gasteiger charge is -2.10. The fraction of sp³-hybridized carbons (Fsp3) is 0.357. The van der Waals surface area contributed by atoms with E-state index in [0.717, 1.165) is 23.7 Å². The summed E-state index contributed by atoms with van der Waals surface area (Å²) in [5.74, 6) is -0.0571. The van der Waals surface area contributed by atoms with Gasteiger partial charge in [0.25, 0.3) is 5.91 Å². The Bertz CT molecular complexity index is 588. The molecular formula is C14H18Cl2N4OS. The number of nitrogens with zero attached hydrogens (tertiary/aromatic N) is 2. The smallest absolute Gasteiger partial charge is 0.263 e. The highest BCUT2D eigenvalue weighted by atomic mass is 35.5. The predicted octanol–water partition coefficient (Wildman–Crippen LogP) is 2.53. The molecule has 0 aromatic carbocycles. The van der Waals surface area contributed by atoms with Crippen LogP contribution in [-0.4, -0.2) is 35.0 Å². The number of nitrogens with one attached hydrogen (secondary N) is 2. The second-order valence-corrected chi connectivity index (χ2v) is 5.78. The molecule has 1 fully saturated rings. The van der Waals surface area contributed by atoms with Crippen molar-refractivity contribution >= 4 is 42.1 Å². The Balaban J connectivity index is 0.00000121. The van der Waals surface area contributed by atoms with Gasteiger partial charge in [-0.2, -0.15) is 0 Å². The van der Waals surface area contributed by atoms with Crippen molar-refractivity contribution in [3.63, 3.8) is 0 Å². The molecule has 2 aromatic heterocycles. The van der Waals surface area contributed by atoms with Gasteiger partial charge in [-0.05, 0) is 31.5 Å². The number of hydrogen-bond acceptors (Lipinski definition) is 5. The highest BCUT2D eigenvalue weighted by molar-refractivity contribution is 7.16. The van der Waals surface area contributed by atoms with E-state index < -0.39 is 0 Å². The van der Waals surface area contributed by atoms with Crippen LogP contribution in [0.5, 0.6) is 0 Å². The SMILES string of the molecule is Cl.Cl.O=C(NCC1CCCN1)c1cnc(-c2ccccn2)s1. The molecule has 1 aliphatic heterocycles. The van der Waals surface area contributed by atoms with Crippen molar-refractivity contribution in [2.45, 2.75) is 18.9 Å². The Labute approximate surface area is 145 Å². The molecule has 8 heteroatoms. The minimum atomic E-state index is -0.0571. The van der Waals surface area contributed by atoms with E-state index in [-0.39, 0.29) is 30.7 Å². The first-order chi connectivity index (χ1) is 9.83. The van der Waals surface area contributed by atoms with Gasteiger partial charge in [0.15, 0.2) is 0 Å². The Morgan fingerprint density at radius 1 is 1.36 bits per heavy atom. The van der Waals surface area contributed by atoms with E-state index >= 15 is 0 Å². The summed E-state index contributed by atoms with van der Waals surface area (Å²) in [6, 6.07) is 6.07. The van der Waals surface area contributed by atoms with Crippen LogP contribution < -0.4 is 10.6 Å². The quantitative estimate of drug-likeness (QED) is 0.878. The molecule has 0 saturated carbocycles. The number of pyridine rings is 1. The fourth-order valence-corrected chi connectivity index (χ4v) is 3.03. The van der Waals surface area contributed by atoms with Crippen LogP contribution in [0.4, 0.5) is 0 Å². The molecule has 5 nitrogen and oxygen atoms in total. The molecule has 3 heterocycles. The molecule has 0 spiro atoms. The zero-order valence-electron chi connectivity index (χ0n) is 11.8. The van der Waals surface area contributed by atoms with Gasteiger partial charge < -0.3 is 10.6 Å². The number of amides is 1. The number of thiazole rings is 1. The standard InChI is InChI=1S/C14H16N4OS.2ClH/c19-13(17-8-10-4-3-7-15-10)12-9-18-14(20-12)11-5-1-2-6-16-11;;/h1-2,5-6,9-10,15H,3-4,7-8H2,(H,17,19);2*1H. The molecule has 0 bridgehead atoms. The Morgan fingerprint density at radius 2 is 2.23 bits per heavy atom. The number of halogens is 2. The average Bonchev–Trinajstić information content (AvgIpc) is 3.17. The van der Waals surface area contributed by atoms with E-state index in [1.54, 1.807) is 12.4 Å². The fourth-order valence-electron chi connectivity index (χ4n) is 2.22. The summed E-state index contributed by atoms with van der Waals surface area (Å²) < 4.78 is 0. The van der Waals surface area contributed by atoms with Crippen LogP contribution >= 0.6 is 36.2 Å². The molecule has 1 amide bonds. The van der Waals surface area contributed by atoms with E-state index in [9.17, 15) is 4.79 Å². The first-order valence-corrected chi connectivity index (χ1v) is 7.53. The molecule has 1 unspecified atom stereocenters. The van der Waals surface area contributed by atoms with Gasteiger partial charge in [0.1, 0.15) is 9.88 Å². The van der Waals surface area contributed by atoms with Crippen molar-refractivity contribution < 1.29 is 4.79 Å². The van der Waals surface area contributed by atoms with Crippen molar-refractivity contribution in [2.75, 3.05) is 13.1 Å². The average molecular weight is 361 g/mol. The first-order valence-electron chi connectivity index (χ1n) is 6.72. The summed E-state index contributed by atoms with van der Waals surface area (Å²) in [5, 5.41) is 7.08. The van der Waals surface area contributed by atoms with Gasteiger partial charge in [0.2, 0.25) is 0 Å². The maximum Gasteiger partial charge on any atom is 0.263 e.